The first-order valence-corrected chi connectivity index (χ1v) is 6.51. The van der Waals surface area contributed by atoms with Crippen molar-refractivity contribution in [1.29, 1.82) is 0 Å². The molecule has 1 aromatic carbocycles. The number of primary amides is 1. The van der Waals surface area contributed by atoms with Gasteiger partial charge in [-0.15, -0.1) is 0 Å². The summed E-state index contributed by atoms with van der Waals surface area (Å²) in [4.78, 5) is 15.1. The summed E-state index contributed by atoms with van der Waals surface area (Å²) >= 11 is 0. The second-order valence-electron chi connectivity index (χ2n) is 4.51. The first kappa shape index (κ1) is 14.0. The van der Waals surface area contributed by atoms with E-state index in [1.54, 1.807) is 12.1 Å². The zero-order valence-corrected chi connectivity index (χ0v) is 11.2. The lowest BCUT2D eigenvalue weighted by Crippen LogP contribution is -2.11. The number of carbonyl (C=O) groups excluding carboxylic acids is 1. The van der Waals surface area contributed by atoms with Crippen LogP contribution in [-0.2, 0) is 6.42 Å². The van der Waals surface area contributed by atoms with Crippen molar-refractivity contribution in [3.05, 3.63) is 53.7 Å². The van der Waals surface area contributed by atoms with Crippen molar-refractivity contribution < 1.29 is 4.79 Å². The van der Waals surface area contributed by atoms with Crippen molar-refractivity contribution in [3.8, 4) is 0 Å². The minimum Gasteiger partial charge on any atom is -0.366 e. The van der Waals surface area contributed by atoms with E-state index in [-0.39, 0.29) is 0 Å². The molecule has 0 bridgehead atoms. The highest BCUT2D eigenvalue weighted by molar-refractivity contribution is 5.92. The molecule has 0 radical (unpaired) electrons. The van der Waals surface area contributed by atoms with E-state index in [1.165, 1.54) is 11.8 Å². The molecular formula is C15H18N4O. The van der Waals surface area contributed by atoms with Gasteiger partial charge in [0, 0.05) is 11.9 Å². The van der Waals surface area contributed by atoms with E-state index in [4.69, 9.17) is 11.5 Å². The Morgan fingerprint density at radius 2 is 2.10 bits per heavy atom. The van der Waals surface area contributed by atoms with Gasteiger partial charge in [-0.1, -0.05) is 12.1 Å². The molecule has 0 fully saturated rings. The number of hydrogen-bond donors (Lipinski definition) is 3. The number of nitrogens with one attached hydrogen (secondary N) is 1. The lowest BCUT2D eigenvalue weighted by Gasteiger charge is -2.08. The number of rotatable bonds is 6. The Morgan fingerprint density at radius 3 is 2.75 bits per heavy atom. The average molecular weight is 270 g/mol. The molecule has 5 N–H and O–H groups in total. The van der Waals surface area contributed by atoms with E-state index in [0.717, 1.165) is 18.5 Å². The van der Waals surface area contributed by atoms with Gasteiger partial charge in [0.15, 0.2) is 0 Å². The van der Waals surface area contributed by atoms with Gasteiger partial charge in [0.2, 0.25) is 5.91 Å². The van der Waals surface area contributed by atoms with E-state index in [0.29, 0.717) is 17.9 Å². The second kappa shape index (κ2) is 6.68. The van der Waals surface area contributed by atoms with Crippen LogP contribution in [0.2, 0.25) is 0 Å². The van der Waals surface area contributed by atoms with E-state index < -0.39 is 5.91 Å². The van der Waals surface area contributed by atoms with Gasteiger partial charge in [-0.25, -0.2) is 4.98 Å². The number of benzene rings is 1. The Bertz CT molecular complexity index is 581. The van der Waals surface area contributed by atoms with Crippen LogP contribution in [0.1, 0.15) is 22.3 Å². The predicted molar refractivity (Wildman–Crippen MR) is 79.9 cm³/mol. The molecule has 0 aliphatic carbocycles. The smallest absolute Gasteiger partial charge is 0.250 e. The van der Waals surface area contributed by atoms with Crippen LogP contribution in [0.5, 0.6) is 0 Å². The van der Waals surface area contributed by atoms with E-state index in [2.05, 4.69) is 22.4 Å². The van der Waals surface area contributed by atoms with Crippen LogP contribution in [-0.4, -0.2) is 17.4 Å². The van der Waals surface area contributed by atoms with E-state index >= 15 is 0 Å². The van der Waals surface area contributed by atoms with Crippen LogP contribution in [0.3, 0.4) is 0 Å². The molecule has 1 amide bonds. The van der Waals surface area contributed by atoms with E-state index in [1.807, 2.05) is 12.1 Å². The summed E-state index contributed by atoms with van der Waals surface area (Å²) in [6, 6.07) is 11.5. The topological polar surface area (TPSA) is 94.0 Å². The maximum absolute atomic E-state index is 11.0. The first-order valence-electron chi connectivity index (χ1n) is 6.51. The van der Waals surface area contributed by atoms with Crippen LogP contribution in [0.25, 0.3) is 0 Å². The molecule has 1 aromatic heterocycles. The van der Waals surface area contributed by atoms with Crippen molar-refractivity contribution in [1.82, 2.24) is 4.98 Å². The quantitative estimate of drug-likeness (QED) is 0.746. The predicted octanol–water partition coefficient (Wildman–Crippen LogP) is 1.82. The van der Waals surface area contributed by atoms with Crippen LogP contribution < -0.4 is 16.8 Å². The molecule has 0 unspecified atom stereocenters. The number of nitrogens with two attached hydrogens (primary N) is 2. The molecule has 2 aromatic rings. The number of hydrogen-bond acceptors (Lipinski definition) is 4. The third kappa shape index (κ3) is 3.80. The Kier molecular flexibility index (Phi) is 4.68. The molecular weight excluding hydrogens is 252 g/mol. The monoisotopic (exact) mass is 270 g/mol. The van der Waals surface area contributed by atoms with Gasteiger partial charge < -0.3 is 16.8 Å². The average Bonchev–Trinajstić information content (AvgIpc) is 2.46. The highest BCUT2D eigenvalue weighted by Gasteiger charge is 2.02. The maximum Gasteiger partial charge on any atom is 0.250 e. The zero-order chi connectivity index (χ0) is 14.4. The molecule has 0 saturated carbocycles. The number of anilines is 2. The first-order chi connectivity index (χ1) is 9.69. The fourth-order valence-electron chi connectivity index (χ4n) is 1.87. The number of aromatic nitrogens is 1. The van der Waals surface area contributed by atoms with Gasteiger partial charge >= 0.3 is 0 Å². The molecule has 1 heterocycles. The van der Waals surface area contributed by atoms with Crippen molar-refractivity contribution in [2.24, 2.45) is 11.5 Å². The standard InChI is InChI=1S/C15H18N4O/c16-8-2-4-11-3-1-5-13(9-11)19-14-7-6-12(10-18-14)15(17)20/h1,3,5-7,9-10H,2,4,8,16H2,(H2,17,20)(H,18,19). The Balaban J connectivity index is 2.07. The molecule has 2 rings (SSSR count). The molecule has 0 atom stereocenters. The molecule has 104 valence electrons. The highest BCUT2D eigenvalue weighted by Crippen LogP contribution is 2.17. The summed E-state index contributed by atoms with van der Waals surface area (Å²) in [7, 11) is 0. The lowest BCUT2D eigenvalue weighted by molar-refractivity contribution is 0.1000. The molecule has 20 heavy (non-hydrogen) atoms. The van der Waals surface area contributed by atoms with Crippen LogP contribution in [0, 0.1) is 0 Å². The van der Waals surface area contributed by atoms with Gasteiger partial charge in [0.25, 0.3) is 0 Å². The molecule has 0 aliphatic heterocycles. The molecule has 0 aliphatic rings. The van der Waals surface area contributed by atoms with Crippen LogP contribution in [0.4, 0.5) is 11.5 Å². The number of carbonyl (C=O) groups is 1. The summed E-state index contributed by atoms with van der Waals surface area (Å²) in [6.07, 6.45) is 3.39. The largest absolute Gasteiger partial charge is 0.366 e. The molecule has 5 nitrogen and oxygen atoms in total. The maximum atomic E-state index is 11.0. The number of amides is 1. The van der Waals surface area contributed by atoms with Gasteiger partial charge in [-0.2, -0.15) is 0 Å². The van der Waals surface area contributed by atoms with Gasteiger partial charge in [0.1, 0.15) is 5.82 Å². The molecule has 0 saturated heterocycles. The summed E-state index contributed by atoms with van der Waals surface area (Å²) in [6.45, 7) is 0.688. The summed E-state index contributed by atoms with van der Waals surface area (Å²) in [5.74, 6) is 0.193. The molecule has 5 heteroatoms. The number of nitrogens with zero attached hydrogens (tertiary/aromatic N) is 1. The van der Waals surface area contributed by atoms with Crippen molar-refractivity contribution >= 4 is 17.4 Å². The normalized spacial score (nSPS) is 10.2. The molecule has 0 spiro atoms. The third-order valence-corrected chi connectivity index (χ3v) is 2.92. The summed E-state index contributed by atoms with van der Waals surface area (Å²) < 4.78 is 0. The summed E-state index contributed by atoms with van der Waals surface area (Å²) in [5, 5.41) is 3.19. The Hall–Kier alpha value is -2.40. The number of pyridine rings is 1. The lowest BCUT2D eigenvalue weighted by atomic mass is 10.1. The Morgan fingerprint density at radius 1 is 1.25 bits per heavy atom. The van der Waals surface area contributed by atoms with Gasteiger partial charge in [-0.3, -0.25) is 4.79 Å². The van der Waals surface area contributed by atoms with Crippen molar-refractivity contribution in [2.75, 3.05) is 11.9 Å². The minimum atomic E-state index is -0.479. The zero-order valence-electron chi connectivity index (χ0n) is 11.2. The van der Waals surface area contributed by atoms with Crippen molar-refractivity contribution in [2.45, 2.75) is 12.8 Å². The highest BCUT2D eigenvalue weighted by atomic mass is 16.1. The summed E-state index contributed by atoms with van der Waals surface area (Å²) in [5.41, 5.74) is 13.3. The fourth-order valence-corrected chi connectivity index (χ4v) is 1.87. The van der Waals surface area contributed by atoms with Crippen LogP contribution in [0.15, 0.2) is 42.6 Å². The SMILES string of the molecule is NCCCc1cccc(Nc2ccc(C(N)=O)cn2)c1. The van der Waals surface area contributed by atoms with Gasteiger partial charge in [0.05, 0.1) is 5.56 Å². The second-order valence-corrected chi connectivity index (χ2v) is 4.51. The fraction of sp³-hybridized carbons (Fsp3) is 0.200. The van der Waals surface area contributed by atoms with Crippen LogP contribution >= 0.6 is 0 Å². The number of aryl methyl sites for hydroxylation is 1. The van der Waals surface area contributed by atoms with Gasteiger partial charge in [-0.05, 0) is 49.2 Å². The van der Waals surface area contributed by atoms with E-state index in [9.17, 15) is 4.79 Å². The minimum absolute atomic E-state index is 0.396. The Labute approximate surface area is 118 Å². The van der Waals surface area contributed by atoms with Crippen molar-refractivity contribution in [3.63, 3.8) is 0 Å². The third-order valence-electron chi connectivity index (χ3n) is 2.92.